The molecule has 0 aromatic carbocycles. The summed E-state index contributed by atoms with van der Waals surface area (Å²) in [5.41, 5.74) is 0.643. The van der Waals surface area contributed by atoms with E-state index >= 15 is 0 Å². The van der Waals surface area contributed by atoms with Crippen LogP contribution in [-0.2, 0) is 7.05 Å². The predicted octanol–water partition coefficient (Wildman–Crippen LogP) is 2.15. The van der Waals surface area contributed by atoms with Crippen molar-refractivity contribution in [2.75, 3.05) is 13.1 Å². The van der Waals surface area contributed by atoms with E-state index in [1.54, 1.807) is 7.05 Å². The molecule has 1 saturated heterocycles. The number of hydrogen-bond acceptors (Lipinski definition) is 4. The average Bonchev–Trinajstić information content (AvgIpc) is 3.31. The van der Waals surface area contributed by atoms with Crippen LogP contribution < -0.4 is 5.69 Å². The van der Waals surface area contributed by atoms with Gasteiger partial charge < -0.3 is 9.32 Å². The van der Waals surface area contributed by atoms with E-state index in [0.29, 0.717) is 30.5 Å². The van der Waals surface area contributed by atoms with Gasteiger partial charge in [-0.2, -0.15) is 5.10 Å². The highest BCUT2D eigenvalue weighted by atomic mass is 16.3. The second-order valence-corrected chi connectivity index (χ2v) is 7.26. The van der Waals surface area contributed by atoms with Gasteiger partial charge in [0.1, 0.15) is 17.3 Å². The first-order valence-corrected chi connectivity index (χ1v) is 8.97. The van der Waals surface area contributed by atoms with Crippen LogP contribution in [0.15, 0.2) is 15.3 Å². The molecule has 2 aliphatic rings. The standard InChI is InChI=1S/C18H24N4O3/c1-11-10-15(12(2)25-11)17(23)21-8-6-13(7-9-21)16-19-20(3)18(24)22(16)14-4-5-14/h10,13-14H,4-9H2,1-3H3. The minimum Gasteiger partial charge on any atom is -0.466 e. The Hall–Kier alpha value is -2.31. The van der Waals surface area contributed by atoms with Gasteiger partial charge in [0, 0.05) is 32.1 Å². The summed E-state index contributed by atoms with van der Waals surface area (Å²) in [4.78, 5) is 26.9. The monoisotopic (exact) mass is 344 g/mol. The lowest BCUT2D eigenvalue weighted by Crippen LogP contribution is -2.38. The van der Waals surface area contributed by atoms with Crippen molar-refractivity contribution < 1.29 is 9.21 Å². The summed E-state index contributed by atoms with van der Waals surface area (Å²) in [6, 6.07) is 2.14. The molecule has 1 amide bonds. The number of carbonyl (C=O) groups is 1. The molecule has 3 heterocycles. The lowest BCUT2D eigenvalue weighted by molar-refractivity contribution is 0.0708. The van der Waals surface area contributed by atoms with Gasteiger partial charge in [0.15, 0.2) is 0 Å². The third-order valence-corrected chi connectivity index (χ3v) is 5.31. The number of likely N-dealkylation sites (tertiary alicyclic amines) is 1. The minimum absolute atomic E-state index is 0.0134. The Morgan fingerprint density at radius 3 is 2.44 bits per heavy atom. The van der Waals surface area contributed by atoms with Gasteiger partial charge in [-0.15, -0.1) is 0 Å². The third kappa shape index (κ3) is 2.81. The summed E-state index contributed by atoms with van der Waals surface area (Å²) >= 11 is 0. The van der Waals surface area contributed by atoms with Gasteiger partial charge in [0.2, 0.25) is 0 Å². The summed E-state index contributed by atoms with van der Waals surface area (Å²) < 4.78 is 8.81. The molecular formula is C18H24N4O3. The van der Waals surface area contributed by atoms with Crippen LogP contribution in [0.3, 0.4) is 0 Å². The summed E-state index contributed by atoms with van der Waals surface area (Å²) in [6.07, 6.45) is 3.81. The van der Waals surface area contributed by atoms with Crippen molar-refractivity contribution in [3.8, 4) is 0 Å². The Balaban J connectivity index is 1.49. The topological polar surface area (TPSA) is 73.3 Å². The van der Waals surface area contributed by atoms with Crippen molar-refractivity contribution in [1.29, 1.82) is 0 Å². The number of aromatic nitrogens is 3. The van der Waals surface area contributed by atoms with Crippen LogP contribution in [0.2, 0.25) is 0 Å². The van der Waals surface area contributed by atoms with Crippen LogP contribution in [0.25, 0.3) is 0 Å². The maximum Gasteiger partial charge on any atom is 0.345 e. The van der Waals surface area contributed by atoms with E-state index in [1.807, 2.05) is 29.4 Å². The Labute approximate surface area is 146 Å². The zero-order valence-electron chi connectivity index (χ0n) is 15.0. The van der Waals surface area contributed by atoms with Crippen molar-refractivity contribution >= 4 is 5.91 Å². The largest absolute Gasteiger partial charge is 0.466 e. The molecule has 7 nitrogen and oxygen atoms in total. The number of carbonyl (C=O) groups excluding carboxylic acids is 1. The lowest BCUT2D eigenvalue weighted by Gasteiger charge is -2.31. The molecule has 1 aliphatic carbocycles. The number of piperidine rings is 1. The Morgan fingerprint density at radius 1 is 1.20 bits per heavy atom. The van der Waals surface area contributed by atoms with Crippen molar-refractivity contribution in [3.63, 3.8) is 0 Å². The van der Waals surface area contributed by atoms with Crippen LogP contribution in [0.1, 0.15) is 65.3 Å². The highest BCUT2D eigenvalue weighted by Crippen LogP contribution is 2.37. The molecule has 4 rings (SSSR count). The smallest absolute Gasteiger partial charge is 0.345 e. The number of aryl methyl sites for hydroxylation is 3. The Bertz CT molecular complexity index is 864. The fourth-order valence-corrected chi connectivity index (χ4v) is 3.81. The van der Waals surface area contributed by atoms with E-state index in [0.717, 1.165) is 37.3 Å². The van der Waals surface area contributed by atoms with Gasteiger partial charge >= 0.3 is 5.69 Å². The molecule has 0 radical (unpaired) electrons. The predicted molar refractivity (Wildman–Crippen MR) is 91.8 cm³/mol. The molecule has 2 aromatic heterocycles. The minimum atomic E-state index is -0.0134. The maximum atomic E-state index is 12.7. The molecule has 0 atom stereocenters. The zero-order valence-corrected chi connectivity index (χ0v) is 15.0. The van der Waals surface area contributed by atoms with Crippen LogP contribution in [0, 0.1) is 13.8 Å². The second kappa shape index (κ2) is 5.89. The van der Waals surface area contributed by atoms with Crippen molar-refractivity contribution in [2.45, 2.75) is 51.5 Å². The highest BCUT2D eigenvalue weighted by molar-refractivity contribution is 5.95. The Morgan fingerprint density at radius 2 is 1.88 bits per heavy atom. The summed E-state index contributed by atoms with van der Waals surface area (Å²) in [7, 11) is 1.72. The van der Waals surface area contributed by atoms with E-state index in [1.165, 1.54) is 4.68 Å². The summed E-state index contributed by atoms with van der Waals surface area (Å²) in [5, 5.41) is 4.49. The van der Waals surface area contributed by atoms with Crippen molar-refractivity contribution in [1.82, 2.24) is 19.2 Å². The van der Waals surface area contributed by atoms with Crippen molar-refractivity contribution in [2.24, 2.45) is 7.05 Å². The van der Waals surface area contributed by atoms with E-state index in [2.05, 4.69) is 5.10 Å². The number of nitrogens with zero attached hydrogens (tertiary/aromatic N) is 4. The fraction of sp³-hybridized carbons (Fsp3) is 0.611. The van der Waals surface area contributed by atoms with Crippen LogP contribution in [-0.4, -0.2) is 38.2 Å². The van der Waals surface area contributed by atoms with Gasteiger partial charge in [-0.05, 0) is 45.6 Å². The molecule has 0 spiro atoms. The van der Waals surface area contributed by atoms with Crippen LogP contribution >= 0.6 is 0 Å². The van der Waals surface area contributed by atoms with Gasteiger partial charge in [-0.25, -0.2) is 9.48 Å². The normalized spacial score (nSPS) is 18.8. The molecule has 1 saturated carbocycles. The molecule has 2 fully saturated rings. The van der Waals surface area contributed by atoms with Gasteiger partial charge in [-0.1, -0.05) is 0 Å². The van der Waals surface area contributed by atoms with E-state index < -0.39 is 0 Å². The van der Waals surface area contributed by atoms with Crippen LogP contribution in [0.4, 0.5) is 0 Å². The van der Waals surface area contributed by atoms with Crippen LogP contribution in [0.5, 0.6) is 0 Å². The summed E-state index contributed by atoms with van der Waals surface area (Å²) in [5.74, 6) is 2.62. The van der Waals surface area contributed by atoms with E-state index in [9.17, 15) is 9.59 Å². The zero-order chi connectivity index (χ0) is 17.7. The molecule has 0 bridgehead atoms. The molecule has 1 aliphatic heterocycles. The third-order valence-electron chi connectivity index (χ3n) is 5.31. The number of furan rings is 1. The molecule has 25 heavy (non-hydrogen) atoms. The first-order valence-electron chi connectivity index (χ1n) is 8.97. The maximum absolute atomic E-state index is 12.7. The lowest BCUT2D eigenvalue weighted by atomic mass is 9.95. The second-order valence-electron chi connectivity index (χ2n) is 7.26. The fourth-order valence-electron chi connectivity index (χ4n) is 3.81. The first-order chi connectivity index (χ1) is 12.0. The highest BCUT2D eigenvalue weighted by Gasteiger charge is 2.34. The summed E-state index contributed by atoms with van der Waals surface area (Å²) in [6.45, 7) is 5.05. The quantitative estimate of drug-likeness (QED) is 0.855. The van der Waals surface area contributed by atoms with E-state index in [4.69, 9.17) is 4.42 Å². The number of hydrogen-bond donors (Lipinski definition) is 0. The van der Waals surface area contributed by atoms with Crippen molar-refractivity contribution in [3.05, 3.63) is 39.5 Å². The molecule has 0 unspecified atom stereocenters. The molecular weight excluding hydrogens is 320 g/mol. The van der Waals surface area contributed by atoms with E-state index in [-0.39, 0.29) is 17.5 Å². The first kappa shape index (κ1) is 16.2. The number of rotatable bonds is 3. The van der Waals surface area contributed by atoms with Gasteiger partial charge in [0.05, 0.1) is 5.56 Å². The van der Waals surface area contributed by atoms with Gasteiger partial charge in [-0.3, -0.25) is 9.36 Å². The van der Waals surface area contributed by atoms with Gasteiger partial charge in [0.25, 0.3) is 5.91 Å². The molecule has 134 valence electrons. The molecule has 2 aromatic rings. The molecule has 0 N–H and O–H groups in total. The average molecular weight is 344 g/mol. The number of amides is 1. The Kier molecular flexibility index (Phi) is 3.81. The molecule has 7 heteroatoms. The SMILES string of the molecule is Cc1cc(C(=O)N2CCC(c3nn(C)c(=O)n3C3CC3)CC2)c(C)o1.